The Morgan fingerprint density at radius 2 is 2.44 bits per heavy atom. The van der Waals surface area contributed by atoms with E-state index in [1.807, 2.05) is 5.38 Å². The number of methoxy groups -OCH3 is 1. The summed E-state index contributed by atoms with van der Waals surface area (Å²) in [6.07, 6.45) is 0. The molecule has 2 heterocycles. The summed E-state index contributed by atoms with van der Waals surface area (Å²) >= 11 is 2.91. The second-order valence-electron chi connectivity index (χ2n) is 2.86. The predicted octanol–water partition coefficient (Wildman–Crippen LogP) is 2.00. The summed E-state index contributed by atoms with van der Waals surface area (Å²) in [5, 5.41) is 7.40. The van der Waals surface area contributed by atoms with E-state index in [1.54, 1.807) is 22.2 Å². The van der Waals surface area contributed by atoms with Gasteiger partial charge in [-0.1, -0.05) is 0 Å². The summed E-state index contributed by atoms with van der Waals surface area (Å²) in [6, 6.07) is 0. The first kappa shape index (κ1) is 11.0. The predicted molar refractivity (Wildman–Crippen MR) is 62.9 cm³/mol. The minimum atomic E-state index is -0.419. The van der Waals surface area contributed by atoms with E-state index >= 15 is 0 Å². The van der Waals surface area contributed by atoms with Crippen LogP contribution in [-0.4, -0.2) is 23.0 Å². The van der Waals surface area contributed by atoms with Gasteiger partial charge in [0.1, 0.15) is 0 Å². The van der Waals surface area contributed by atoms with E-state index in [4.69, 9.17) is 0 Å². The molecule has 0 aliphatic heterocycles. The Morgan fingerprint density at radius 1 is 1.56 bits per heavy atom. The zero-order chi connectivity index (χ0) is 11.4. The van der Waals surface area contributed by atoms with Gasteiger partial charge in [0.15, 0.2) is 10.8 Å². The van der Waals surface area contributed by atoms with Gasteiger partial charge >= 0.3 is 5.97 Å². The monoisotopic (exact) mass is 255 g/mol. The topological polar surface area (TPSA) is 64.1 Å². The first-order chi connectivity index (χ1) is 7.79. The number of rotatable bonds is 4. The van der Waals surface area contributed by atoms with Crippen molar-refractivity contribution in [2.75, 3.05) is 12.4 Å². The van der Waals surface area contributed by atoms with Crippen LogP contribution < -0.4 is 5.32 Å². The molecule has 5 nitrogen and oxygen atoms in total. The SMILES string of the molecule is COC(=O)c1csc(NCc2cscn2)n1. The van der Waals surface area contributed by atoms with Gasteiger partial charge < -0.3 is 10.1 Å². The van der Waals surface area contributed by atoms with Gasteiger partial charge in [-0.15, -0.1) is 22.7 Å². The van der Waals surface area contributed by atoms with Crippen molar-refractivity contribution in [2.45, 2.75) is 6.54 Å². The summed E-state index contributed by atoms with van der Waals surface area (Å²) in [7, 11) is 1.34. The van der Waals surface area contributed by atoms with Crippen LogP contribution >= 0.6 is 22.7 Å². The number of aromatic nitrogens is 2. The molecule has 84 valence electrons. The number of hydrogen-bond acceptors (Lipinski definition) is 7. The van der Waals surface area contributed by atoms with E-state index in [0.717, 1.165) is 5.69 Å². The van der Waals surface area contributed by atoms with Crippen molar-refractivity contribution in [3.8, 4) is 0 Å². The summed E-state index contributed by atoms with van der Waals surface area (Å²) in [6.45, 7) is 0.609. The van der Waals surface area contributed by atoms with Crippen molar-refractivity contribution in [2.24, 2.45) is 0 Å². The molecule has 0 bridgehead atoms. The molecule has 7 heteroatoms. The number of nitrogens with one attached hydrogen (secondary N) is 1. The Labute approximate surface area is 100 Å². The van der Waals surface area contributed by atoms with E-state index < -0.39 is 5.97 Å². The lowest BCUT2D eigenvalue weighted by Gasteiger charge is -1.98. The Kier molecular flexibility index (Phi) is 3.47. The van der Waals surface area contributed by atoms with Gasteiger partial charge in [0.05, 0.1) is 24.9 Å². The third kappa shape index (κ3) is 2.56. The van der Waals surface area contributed by atoms with Crippen LogP contribution in [0, 0.1) is 0 Å². The molecule has 0 radical (unpaired) electrons. The number of esters is 1. The minimum Gasteiger partial charge on any atom is -0.464 e. The quantitative estimate of drug-likeness (QED) is 0.846. The lowest BCUT2D eigenvalue weighted by atomic mass is 10.5. The van der Waals surface area contributed by atoms with Crippen LogP contribution in [-0.2, 0) is 11.3 Å². The zero-order valence-corrected chi connectivity index (χ0v) is 10.1. The first-order valence-electron chi connectivity index (χ1n) is 4.44. The van der Waals surface area contributed by atoms with Gasteiger partial charge in [0.2, 0.25) is 0 Å². The number of nitrogens with zero attached hydrogens (tertiary/aromatic N) is 2. The van der Waals surface area contributed by atoms with E-state index in [0.29, 0.717) is 17.4 Å². The summed E-state index contributed by atoms with van der Waals surface area (Å²) < 4.78 is 4.57. The maximum atomic E-state index is 11.1. The maximum absolute atomic E-state index is 11.1. The molecular weight excluding hydrogens is 246 g/mol. The van der Waals surface area contributed by atoms with E-state index in [-0.39, 0.29) is 0 Å². The highest BCUT2D eigenvalue weighted by Gasteiger charge is 2.10. The van der Waals surface area contributed by atoms with Crippen LogP contribution in [0.2, 0.25) is 0 Å². The summed E-state index contributed by atoms with van der Waals surface area (Å²) in [5.41, 5.74) is 3.06. The van der Waals surface area contributed by atoms with Crippen LogP contribution in [0.1, 0.15) is 16.2 Å². The largest absolute Gasteiger partial charge is 0.464 e. The molecular formula is C9H9N3O2S2. The van der Waals surface area contributed by atoms with Crippen molar-refractivity contribution >= 4 is 33.8 Å². The normalized spacial score (nSPS) is 10.1. The van der Waals surface area contributed by atoms with E-state index in [2.05, 4.69) is 20.0 Å². The molecule has 0 fully saturated rings. The van der Waals surface area contributed by atoms with Gasteiger partial charge in [-0.25, -0.2) is 14.8 Å². The van der Waals surface area contributed by atoms with Crippen molar-refractivity contribution in [1.29, 1.82) is 0 Å². The molecule has 0 spiro atoms. The van der Waals surface area contributed by atoms with Crippen LogP contribution in [0.5, 0.6) is 0 Å². The van der Waals surface area contributed by atoms with Crippen LogP contribution in [0.4, 0.5) is 5.13 Å². The lowest BCUT2D eigenvalue weighted by molar-refractivity contribution is 0.0595. The highest BCUT2D eigenvalue weighted by atomic mass is 32.1. The van der Waals surface area contributed by atoms with Gasteiger partial charge in [-0.2, -0.15) is 0 Å². The van der Waals surface area contributed by atoms with Gasteiger partial charge in [-0.05, 0) is 0 Å². The van der Waals surface area contributed by atoms with E-state index in [9.17, 15) is 4.79 Å². The molecule has 0 unspecified atom stereocenters. The molecule has 2 rings (SSSR count). The van der Waals surface area contributed by atoms with Gasteiger partial charge in [-0.3, -0.25) is 0 Å². The van der Waals surface area contributed by atoms with Crippen molar-refractivity contribution in [3.05, 3.63) is 27.7 Å². The Balaban J connectivity index is 1.95. The fourth-order valence-electron chi connectivity index (χ4n) is 1.04. The molecule has 0 aliphatic rings. The van der Waals surface area contributed by atoms with Crippen LogP contribution in [0.3, 0.4) is 0 Å². The second-order valence-corrected chi connectivity index (χ2v) is 4.44. The van der Waals surface area contributed by atoms with Crippen molar-refractivity contribution < 1.29 is 9.53 Å². The fraction of sp³-hybridized carbons (Fsp3) is 0.222. The number of hydrogen-bond donors (Lipinski definition) is 1. The summed E-state index contributed by atoms with van der Waals surface area (Å²) in [5.74, 6) is -0.419. The van der Waals surface area contributed by atoms with Crippen LogP contribution in [0.15, 0.2) is 16.3 Å². The standard InChI is InChI=1S/C9H9N3O2S2/c1-14-8(13)7-4-16-9(12-7)10-2-6-3-15-5-11-6/h3-5H,2H2,1H3,(H,10,12). The Bertz CT molecular complexity index is 467. The highest BCUT2D eigenvalue weighted by molar-refractivity contribution is 7.13. The summed E-state index contributed by atoms with van der Waals surface area (Å²) in [4.78, 5) is 19.4. The number of anilines is 1. The molecule has 0 aliphatic carbocycles. The Morgan fingerprint density at radius 3 is 3.12 bits per heavy atom. The maximum Gasteiger partial charge on any atom is 0.357 e. The third-order valence-corrected chi connectivity index (χ3v) is 3.24. The molecule has 0 amide bonds. The molecule has 0 aromatic carbocycles. The van der Waals surface area contributed by atoms with E-state index in [1.165, 1.54) is 18.4 Å². The third-order valence-electron chi connectivity index (χ3n) is 1.80. The molecule has 16 heavy (non-hydrogen) atoms. The molecule has 0 saturated heterocycles. The molecule has 1 N–H and O–H groups in total. The number of thiazole rings is 2. The number of carbonyl (C=O) groups is 1. The van der Waals surface area contributed by atoms with Gasteiger partial charge in [0, 0.05) is 10.8 Å². The Hall–Kier alpha value is -1.47. The van der Waals surface area contributed by atoms with Gasteiger partial charge in [0.25, 0.3) is 0 Å². The molecule has 2 aromatic rings. The number of carbonyl (C=O) groups excluding carboxylic acids is 1. The smallest absolute Gasteiger partial charge is 0.357 e. The average molecular weight is 255 g/mol. The fourth-order valence-corrected chi connectivity index (χ4v) is 2.28. The van der Waals surface area contributed by atoms with Crippen molar-refractivity contribution in [1.82, 2.24) is 9.97 Å². The lowest BCUT2D eigenvalue weighted by Crippen LogP contribution is -2.03. The molecule has 0 atom stereocenters. The first-order valence-corrected chi connectivity index (χ1v) is 6.26. The number of ether oxygens (including phenoxy) is 1. The van der Waals surface area contributed by atoms with Crippen molar-refractivity contribution in [3.63, 3.8) is 0 Å². The molecule has 0 saturated carbocycles. The highest BCUT2D eigenvalue weighted by Crippen LogP contribution is 2.16. The molecule has 2 aromatic heterocycles. The minimum absolute atomic E-state index is 0.327. The average Bonchev–Trinajstić information content (AvgIpc) is 2.96. The van der Waals surface area contributed by atoms with Crippen LogP contribution in [0.25, 0.3) is 0 Å². The zero-order valence-electron chi connectivity index (χ0n) is 8.47. The second kappa shape index (κ2) is 5.04.